The molecule has 3 rings (SSSR count). The Morgan fingerprint density at radius 2 is 1.68 bits per heavy atom. The molecule has 7 N–H and O–H groups in total. The maximum absolute atomic E-state index is 11.5. The lowest BCUT2D eigenvalue weighted by Gasteiger charge is -2.29. The Hall–Kier alpha value is -3.64. The van der Waals surface area contributed by atoms with Crippen molar-refractivity contribution in [1.82, 2.24) is 5.32 Å². The molecule has 0 atom stereocenters. The van der Waals surface area contributed by atoms with Crippen LogP contribution in [0.1, 0.15) is 12.8 Å². The first-order valence-corrected chi connectivity index (χ1v) is 9.21. The standard InChI is InChI=1S/C13H15N3O2.C6H8O7/c14-10-8-9-2-1-3-11(12(9)18-13(10)17)16-6-4-15-5-7-16;7-3(8)1-6(13,5(11)12)2-4(9)10/h1-3,8,15H,4-7,14H2;13H,1-2H2,(H,7,8)(H,9,10)(H,11,12). The van der Waals surface area contributed by atoms with Crippen LogP contribution in [-0.2, 0) is 14.4 Å². The lowest BCUT2D eigenvalue weighted by Crippen LogP contribution is -2.43. The predicted octanol–water partition coefficient (Wildman–Crippen LogP) is -0.464. The maximum Gasteiger partial charge on any atom is 0.359 e. The summed E-state index contributed by atoms with van der Waals surface area (Å²) in [6.07, 6.45) is -2.29. The van der Waals surface area contributed by atoms with E-state index in [2.05, 4.69) is 10.2 Å². The molecule has 12 nitrogen and oxygen atoms in total. The quantitative estimate of drug-likeness (QED) is 0.318. The molecule has 0 amide bonds. The van der Waals surface area contributed by atoms with Crippen molar-refractivity contribution in [2.75, 3.05) is 36.8 Å². The Morgan fingerprint density at radius 1 is 1.10 bits per heavy atom. The molecule has 1 aliphatic heterocycles. The third-order valence-electron chi connectivity index (χ3n) is 4.51. The minimum Gasteiger partial charge on any atom is -0.481 e. The van der Waals surface area contributed by atoms with Gasteiger partial charge in [0, 0.05) is 31.6 Å². The van der Waals surface area contributed by atoms with E-state index in [1.165, 1.54) is 0 Å². The molecule has 12 heteroatoms. The van der Waals surface area contributed by atoms with Gasteiger partial charge in [-0.1, -0.05) is 12.1 Å². The lowest BCUT2D eigenvalue weighted by molar-refractivity contribution is -0.170. The summed E-state index contributed by atoms with van der Waals surface area (Å²) < 4.78 is 5.33. The Balaban J connectivity index is 0.000000235. The van der Waals surface area contributed by atoms with E-state index < -0.39 is 42.0 Å². The van der Waals surface area contributed by atoms with Gasteiger partial charge in [-0.2, -0.15) is 0 Å². The normalized spacial score (nSPS) is 13.9. The number of carboxylic acids is 3. The van der Waals surface area contributed by atoms with Crippen molar-refractivity contribution in [1.29, 1.82) is 0 Å². The number of aliphatic carboxylic acids is 3. The molecule has 1 aromatic heterocycles. The van der Waals surface area contributed by atoms with Crippen LogP contribution < -0.4 is 21.6 Å². The van der Waals surface area contributed by atoms with Gasteiger partial charge in [0.2, 0.25) is 0 Å². The maximum atomic E-state index is 11.5. The molecule has 1 aromatic carbocycles. The van der Waals surface area contributed by atoms with Gasteiger partial charge in [0.15, 0.2) is 11.2 Å². The third-order valence-corrected chi connectivity index (χ3v) is 4.51. The summed E-state index contributed by atoms with van der Waals surface area (Å²) >= 11 is 0. The summed E-state index contributed by atoms with van der Waals surface area (Å²) in [5.74, 6) is -5.02. The Kier molecular flexibility index (Phi) is 7.56. The predicted molar refractivity (Wildman–Crippen MR) is 109 cm³/mol. The summed E-state index contributed by atoms with van der Waals surface area (Å²) in [6, 6.07) is 7.51. The highest BCUT2D eigenvalue weighted by Crippen LogP contribution is 2.26. The van der Waals surface area contributed by atoms with Crippen molar-refractivity contribution in [2.45, 2.75) is 18.4 Å². The zero-order valence-corrected chi connectivity index (χ0v) is 16.4. The van der Waals surface area contributed by atoms with Crippen molar-refractivity contribution < 1.29 is 39.2 Å². The zero-order valence-electron chi connectivity index (χ0n) is 16.4. The number of hydrogen-bond acceptors (Lipinski definition) is 9. The summed E-state index contributed by atoms with van der Waals surface area (Å²) in [5, 5.41) is 38.0. The molecule has 2 aromatic rings. The first kappa shape index (κ1) is 23.6. The number of nitrogens with zero attached hydrogens (tertiary/aromatic N) is 1. The zero-order chi connectivity index (χ0) is 23.2. The smallest absolute Gasteiger partial charge is 0.359 e. The number of benzene rings is 1. The number of nitrogens with one attached hydrogen (secondary N) is 1. The van der Waals surface area contributed by atoms with Gasteiger partial charge in [-0.3, -0.25) is 9.59 Å². The molecule has 2 heterocycles. The molecule has 0 unspecified atom stereocenters. The van der Waals surface area contributed by atoms with Gasteiger partial charge in [0.25, 0.3) is 0 Å². The van der Waals surface area contributed by atoms with Crippen LogP contribution in [0, 0.1) is 0 Å². The number of aliphatic hydroxyl groups is 1. The summed E-state index contributed by atoms with van der Waals surface area (Å²) in [6.45, 7) is 3.70. The largest absolute Gasteiger partial charge is 0.481 e. The van der Waals surface area contributed by atoms with Crippen molar-refractivity contribution in [3.05, 3.63) is 34.7 Å². The number of fused-ring (bicyclic) bond motifs is 1. The second-order valence-corrected chi connectivity index (χ2v) is 6.90. The highest BCUT2D eigenvalue weighted by atomic mass is 16.4. The molecule has 0 bridgehead atoms. The second kappa shape index (κ2) is 9.91. The van der Waals surface area contributed by atoms with Crippen LogP contribution >= 0.6 is 0 Å². The SMILES string of the molecule is Nc1cc2cccc(N3CCNCC3)c2oc1=O.O=C(O)CC(O)(CC(=O)O)C(=O)O. The summed E-state index contributed by atoms with van der Waals surface area (Å²) in [7, 11) is 0. The number of hydrogen-bond donors (Lipinski definition) is 6. The average Bonchev–Trinajstić information content (AvgIpc) is 2.68. The van der Waals surface area contributed by atoms with E-state index in [9.17, 15) is 19.2 Å². The van der Waals surface area contributed by atoms with E-state index in [4.69, 9.17) is 30.6 Å². The first-order chi connectivity index (χ1) is 14.5. The van der Waals surface area contributed by atoms with Crippen LogP contribution in [0.5, 0.6) is 0 Å². The number of rotatable bonds is 6. The van der Waals surface area contributed by atoms with E-state index in [1.54, 1.807) is 6.07 Å². The van der Waals surface area contributed by atoms with Crippen LogP contribution in [0.15, 0.2) is 33.5 Å². The Morgan fingerprint density at radius 3 is 2.19 bits per heavy atom. The fourth-order valence-corrected chi connectivity index (χ4v) is 3.01. The number of para-hydroxylation sites is 1. The van der Waals surface area contributed by atoms with E-state index in [1.807, 2.05) is 18.2 Å². The van der Waals surface area contributed by atoms with Gasteiger partial charge in [-0.15, -0.1) is 0 Å². The highest BCUT2D eigenvalue weighted by Gasteiger charge is 2.40. The van der Waals surface area contributed by atoms with Crippen molar-refractivity contribution in [3.8, 4) is 0 Å². The number of nitrogen functional groups attached to an aromatic ring is 1. The molecular formula is C19H23N3O9. The van der Waals surface area contributed by atoms with E-state index >= 15 is 0 Å². The molecule has 31 heavy (non-hydrogen) atoms. The van der Waals surface area contributed by atoms with Gasteiger partial charge in [-0.05, 0) is 12.1 Å². The molecule has 1 saturated heterocycles. The van der Waals surface area contributed by atoms with Gasteiger partial charge in [0.05, 0.1) is 18.5 Å². The molecular weight excluding hydrogens is 414 g/mol. The lowest BCUT2D eigenvalue weighted by atomic mass is 9.96. The molecule has 0 aliphatic carbocycles. The number of carbonyl (C=O) groups is 3. The molecule has 0 spiro atoms. The fourth-order valence-electron chi connectivity index (χ4n) is 3.01. The van der Waals surface area contributed by atoms with E-state index in [-0.39, 0.29) is 5.69 Å². The van der Waals surface area contributed by atoms with Gasteiger partial charge < -0.3 is 40.8 Å². The average molecular weight is 437 g/mol. The number of carboxylic acid groups (broad SMARTS) is 3. The van der Waals surface area contributed by atoms with Crippen LogP contribution in [0.4, 0.5) is 11.4 Å². The van der Waals surface area contributed by atoms with E-state index in [0.29, 0.717) is 5.58 Å². The minimum atomic E-state index is -2.74. The van der Waals surface area contributed by atoms with Gasteiger partial charge in [0.1, 0.15) is 5.69 Å². The number of piperazine rings is 1. The molecule has 0 saturated carbocycles. The molecule has 1 aliphatic rings. The summed E-state index contributed by atoms with van der Waals surface area (Å²) in [4.78, 5) is 44.3. The monoisotopic (exact) mass is 437 g/mol. The molecule has 1 fully saturated rings. The van der Waals surface area contributed by atoms with E-state index in [0.717, 1.165) is 37.3 Å². The Labute approximate surface area is 175 Å². The topological polar surface area (TPSA) is 204 Å². The van der Waals surface area contributed by atoms with Crippen molar-refractivity contribution >= 4 is 40.3 Å². The number of nitrogens with two attached hydrogens (primary N) is 1. The van der Waals surface area contributed by atoms with Crippen LogP contribution in [0.3, 0.4) is 0 Å². The minimum absolute atomic E-state index is 0.153. The van der Waals surface area contributed by atoms with Crippen LogP contribution in [0.2, 0.25) is 0 Å². The third kappa shape index (κ3) is 6.17. The van der Waals surface area contributed by atoms with Crippen molar-refractivity contribution in [3.63, 3.8) is 0 Å². The van der Waals surface area contributed by atoms with Gasteiger partial charge in [-0.25, -0.2) is 9.59 Å². The summed E-state index contributed by atoms with van der Waals surface area (Å²) in [5.41, 5.74) is 4.12. The van der Waals surface area contributed by atoms with Crippen molar-refractivity contribution in [2.24, 2.45) is 0 Å². The molecule has 0 radical (unpaired) electrons. The molecule has 168 valence electrons. The fraction of sp³-hybridized carbons (Fsp3) is 0.368. The first-order valence-electron chi connectivity index (χ1n) is 9.21. The highest BCUT2D eigenvalue weighted by molar-refractivity contribution is 5.90. The van der Waals surface area contributed by atoms with Gasteiger partial charge >= 0.3 is 23.5 Å². The van der Waals surface area contributed by atoms with Crippen LogP contribution in [-0.4, -0.2) is 70.1 Å². The van der Waals surface area contributed by atoms with Crippen LogP contribution in [0.25, 0.3) is 11.0 Å². The Bertz CT molecular complexity index is 1010. The second-order valence-electron chi connectivity index (χ2n) is 6.90. The number of anilines is 2.